The fourth-order valence-corrected chi connectivity index (χ4v) is 3.37. The standard InChI is InChI=1S/C20H20F5N3O/c1-11(26)18-8-16(14-5-3-12(21)7-17(14)22)15-6-4-13(29-19(15)27-18)9-28(2)10-20(23,24)25/h3,5,7-8,13H,1,4,6,9-10,26H2,2H3/t13-/m0/s1. The Labute approximate surface area is 164 Å². The highest BCUT2D eigenvalue weighted by Crippen LogP contribution is 2.37. The number of pyridine rings is 1. The number of benzene rings is 1. The Balaban J connectivity index is 1.93. The molecule has 0 aliphatic carbocycles. The predicted molar refractivity (Wildman–Crippen MR) is 99.1 cm³/mol. The summed E-state index contributed by atoms with van der Waals surface area (Å²) in [6, 6.07) is 4.78. The molecule has 2 N–H and O–H groups in total. The number of rotatable bonds is 5. The molecular weight excluding hydrogens is 393 g/mol. The molecule has 1 aromatic carbocycles. The zero-order valence-electron chi connectivity index (χ0n) is 15.7. The number of fused-ring (bicyclic) bond motifs is 1. The van der Waals surface area contributed by atoms with Crippen molar-refractivity contribution < 1.29 is 26.7 Å². The fraction of sp³-hybridized carbons (Fsp3) is 0.350. The minimum Gasteiger partial charge on any atom is -0.473 e. The van der Waals surface area contributed by atoms with E-state index in [1.54, 1.807) is 6.07 Å². The van der Waals surface area contributed by atoms with Gasteiger partial charge in [0.25, 0.3) is 0 Å². The molecule has 0 saturated heterocycles. The smallest absolute Gasteiger partial charge is 0.401 e. The minimum atomic E-state index is -4.31. The number of likely N-dealkylation sites (N-methyl/N-ethyl adjacent to an activating group) is 1. The summed E-state index contributed by atoms with van der Waals surface area (Å²) >= 11 is 0. The number of halogens is 5. The first-order valence-corrected chi connectivity index (χ1v) is 8.89. The largest absolute Gasteiger partial charge is 0.473 e. The van der Waals surface area contributed by atoms with E-state index in [4.69, 9.17) is 10.5 Å². The number of aromatic nitrogens is 1. The van der Waals surface area contributed by atoms with E-state index in [0.29, 0.717) is 24.0 Å². The van der Waals surface area contributed by atoms with Crippen molar-refractivity contribution in [1.29, 1.82) is 0 Å². The maximum Gasteiger partial charge on any atom is 0.401 e. The Bertz CT molecular complexity index is 929. The molecule has 0 bridgehead atoms. The molecule has 0 radical (unpaired) electrons. The first-order chi connectivity index (χ1) is 13.5. The van der Waals surface area contributed by atoms with Crippen LogP contribution in [-0.4, -0.2) is 42.3 Å². The number of nitrogens with two attached hydrogens (primary N) is 1. The van der Waals surface area contributed by atoms with Crippen LogP contribution >= 0.6 is 0 Å². The molecule has 4 nitrogen and oxygen atoms in total. The molecule has 9 heteroatoms. The first kappa shape index (κ1) is 21.0. The van der Waals surface area contributed by atoms with Crippen LogP contribution in [0.2, 0.25) is 0 Å². The number of hydrogen-bond acceptors (Lipinski definition) is 4. The van der Waals surface area contributed by atoms with Gasteiger partial charge in [-0.2, -0.15) is 13.2 Å². The zero-order valence-corrected chi connectivity index (χ0v) is 15.7. The predicted octanol–water partition coefficient (Wildman–Crippen LogP) is 4.14. The molecule has 29 heavy (non-hydrogen) atoms. The monoisotopic (exact) mass is 413 g/mol. The normalized spacial score (nSPS) is 16.4. The van der Waals surface area contributed by atoms with Crippen LogP contribution in [0.5, 0.6) is 5.88 Å². The lowest BCUT2D eigenvalue weighted by atomic mass is 9.93. The minimum absolute atomic E-state index is 0.0503. The Morgan fingerprint density at radius 2 is 2.00 bits per heavy atom. The van der Waals surface area contributed by atoms with Crippen molar-refractivity contribution in [1.82, 2.24) is 9.88 Å². The van der Waals surface area contributed by atoms with Gasteiger partial charge in [0.1, 0.15) is 17.7 Å². The second kappa shape index (κ2) is 7.98. The van der Waals surface area contributed by atoms with Crippen LogP contribution in [0.4, 0.5) is 22.0 Å². The van der Waals surface area contributed by atoms with E-state index in [2.05, 4.69) is 11.6 Å². The van der Waals surface area contributed by atoms with Crippen molar-refractivity contribution in [3.05, 3.63) is 53.7 Å². The molecule has 0 saturated carbocycles. The third kappa shape index (κ3) is 5.03. The van der Waals surface area contributed by atoms with Gasteiger partial charge in [-0.25, -0.2) is 13.8 Å². The number of hydrogen-bond donors (Lipinski definition) is 1. The molecule has 1 aromatic heterocycles. The summed E-state index contributed by atoms with van der Waals surface area (Å²) < 4.78 is 71.2. The van der Waals surface area contributed by atoms with E-state index >= 15 is 0 Å². The van der Waals surface area contributed by atoms with Crippen molar-refractivity contribution in [2.75, 3.05) is 20.1 Å². The first-order valence-electron chi connectivity index (χ1n) is 8.89. The Morgan fingerprint density at radius 3 is 2.62 bits per heavy atom. The summed E-state index contributed by atoms with van der Waals surface area (Å²) in [5.74, 6) is -1.29. The van der Waals surface area contributed by atoms with Crippen LogP contribution in [-0.2, 0) is 6.42 Å². The van der Waals surface area contributed by atoms with Crippen molar-refractivity contribution in [3.63, 3.8) is 0 Å². The molecule has 3 rings (SSSR count). The van der Waals surface area contributed by atoms with Crippen LogP contribution < -0.4 is 10.5 Å². The molecule has 1 atom stereocenters. The second-order valence-corrected chi connectivity index (χ2v) is 7.08. The van der Waals surface area contributed by atoms with Crippen molar-refractivity contribution >= 4 is 5.70 Å². The summed E-state index contributed by atoms with van der Waals surface area (Å²) in [5, 5.41) is 0. The number of alkyl halides is 3. The molecule has 2 aromatic rings. The lowest BCUT2D eigenvalue weighted by Crippen LogP contribution is -2.40. The molecule has 0 spiro atoms. The van der Waals surface area contributed by atoms with E-state index in [0.717, 1.165) is 17.0 Å². The van der Waals surface area contributed by atoms with Gasteiger partial charge in [-0.15, -0.1) is 0 Å². The van der Waals surface area contributed by atoms with Gasteiger partial charge in [-0.1, -0.05) is 6.58 Å². The quantitative estimate of drug-likeness (QED) is 0.749. The fourth-order valence-electron chi connectivity index (χ4n) is 3.37. The highest BCUT2D eigenvalue weighted by atomic mass is 19.4. The molecule has 156 valence electrons. The third-order valence-electron chi connectivity index (χ3n) is 4.60. The van der Waals surface area contributed by atoms with Gasteiger partial charge in [0.2, 0.25) is 5.88 Å². The van der Waals surface area contributed by atoms with Crippen LogP contribution in [0.1, 0.15) is 17.7 Å². The summed E-state index contributed by atoms with van der Waals surface area (Å²) in [4.78, 5) is 5.42. The highest BCUT2D eigenvalue weighted by molar-refractivity contribution is 5.74. The summed E-state index contributed by atoms with van der Waals surface area (Å²) in [6.45, 7) is 2.62. The number of ether oxygens (including phenoxy) is 1. The van der Waals surface area contributed by atoms with E-state index in [-0.39, 0.29) is 29.4 Å². The molecule has 0 amide bonds. The lowest BCUT2D eigenvalue weighted by molar-refractivity contribution is -0.145. The Hall–Kier alpha value is -2.68. The van der Waals surface area contributed by atoms with Crippen LogP contribution in [0, 0.1) is 11.6 Å². The van der Waals surface area contributed by atoms with E-state index < -0.39 is 30.5 Å². The van der Waals surface area contributed by atoms with Gasteiger partial charge in [0.15, 0.2) is 0 Å². The Morgan fingerprint density at radius 1 is 1.28 bits per heavy atom. The summed E-state index contributed by atoms with van der Waals surface area (Å²) in [5.41, 5.74) is 7.31. The van der Waals surface area contributed by atoms with Crippen molar-refractivity contribution in [3.8, 4) is 17.0 Å². The molecule has 0 fully saturated rings. The highest BCUT2D eigenvalue weighted by Gasteiger charge is 2.32. The average Bonchev–Trinajstić information content (AvgIpc) is 2.59. The molecule has 1 aliphatic rings. The van der Waals surface area contributed by atoms with Gasteiger partial charge < -0.3 is 10.5 Å². The molecular formula is C20H20F5N3O. The van der Waals surface area contributed by atoms with Crippen molar-refractivity contribution in [2.24, 2.45) is 5.73 Å². The van der Waals surface area contributed by atoms with Gasteiger partial charge in [-0.3, -0.25) is 4.90 Å². The van der Waals surface area contributed by atoms with Gasteiger partial charge in [0, 0.05) is 23.7 Å². The average molecular weight is 413 g/mol. The molecule has 2 heterocycles. The lowest BCUT2D eigenvalue weighted by Gasteiger charge is -2.30. The van der Waals surface area contributed by atoms with E-state index in [9.17, 15) is 22.0 Å². The Kier molecular flexibility index (Phi) is 5.79. The van der Waals surface area contributed by atoms with Crippen LogP contribution in [0.15, 0.2) is 30.8 Å². The van der Waals surface area contributed by atoms with Gasteiger partial charge in [0.05, 0.1) is 17.9 Å². The maximum absolute atomic E-state index is 14.4. The van der Waals surface area contributed by atoms with Crippen molar-refractivity contribution in [2.45, 2.75) is 25.1 Å². The second-order valence-electron chi connectivity index (χ2n) is 7.08. The third-order valence-corrected chi connectivity index (χ3v) is 4.60. The van der Waals surface area contributed by atoms with Crippen LogP contribution in [0.25, 0.3) is 16.8 Å². The maximum atomic E-state index is 14.4. The van der Waals surface area contributed by atoms with Gasteiger partial charge in [-0.05, 0) is 43.7 Å². The molecule has 0 unspecified atom stereocenters. The van der Waals surface area contributed by atoms with Gasteiger partial charge >= 0.3 is 6.18 Å². The SMILES string of the molecule is C=C(N)c1cc(-c2ccc(F)cc2F)c2c(n1)O[C@H](CN(C)CC(F)(F)F)CC2. The topological polar surface area (TPSA) is 51.4 Å². The van der Waals surface area contributed by atoms with Crippen LogP contribution in [0.3, 0.4) is 0 Å². The number of nitrogens with zero attached hydrogens (tertiary/aromatic N) is 2. The summed E-state index contributed by atoms with van der Waals surface area (Å²) in [7, 11) is 1.36. The zero-order chi connectivity index (χ0) is 21.3. The molecule has 1 aliphatic heterocycles. The van der Waals surface area contributed by atoms with E-state index in [1.807, 2.05) is 0 Å². The van der Waals surface area contributed by atoms with E-state index in [1.165, 1.54) is 13.1 Å². The summed E-state index contributed by atoms with van der Waals surface area (Å²) in [6.07, 6.45) is -3.99.